The molecule has 0 spiro atoms. The summed E-state index contributed by atoms with van der Waals surface area (Å²) in [6, 6.07) is 13.4. The predicted octanol–water partition coefficient (Wildman–Crippen LogP) is 4.16. The zero-order valence-electron chi connectivity index (χ0n) is 16.4. The molecular weight excluding hydrogens is 338 g/mol. The summed E-state index contributed by atoms with van der Waals surface area (Å²) in [5.74, 6) is 0.325. The van der Waals surface area contributed by atoms with Gasteiger partial charge < -0.3 is 15.5 Å². The highest BCUT2D eigenvalue weighted by atomic mass is 16.2. The third-order valence-corrected chi connectivity index (χ3v) is 4.97. The number of carbonyl (C=O) groups excluding carboxylic acids is 2. The van der Waals surface area contributed by atoms with Crippen LogP contribution in [0.3, 0.4) is 0 Å². The normalized spacial score (nSPS) is 14.0. The molecule has 27 heavy (non-hydrogen) atoms. The third kappa shape index (κ3) is 4.13. The zero-order valence-corrected chi connectivity index (χ0v) is 16.4. The maximum Gasteiger partial charge on any atom is 0.246 e. The van der Waals surface area contributed by atoms with Crippen LogP contribution in [0.1, 0.15) is 44.7 Å². The largest absolute Gasteiger partial charge is 0.374 e. The molecule has 2 amide bonds. The molecule has 0 bridgehead atoms. The molecule has 0 saturated carbocycles. The summed E-state index contributed by atoms with van der Waals surface area (Å²) < 4.78 is 0. The van der Waals surface area contributed by atoms with Crippen molar-refractivity contribution in [2.45, 2.75) is 46.1 Å². The first-order valence-corrected chi connectivity index (χ1v) is 9.44. The van der Waals surface area contributed by atoms with Gasteiger partial charge in [-0.2, -0.15) is 0 Å². The van der Waals surface area contributed by atoms with E-state index in [0.29, 0.717) is 5.92 Å². The van der Waals surface area contributed by atoms with E-state index in [1.165, 1.54) is 0 Å². The number of hydrogen-bond donors (Lipinski definition) is 2. The summed E-state index contributed by atoms with van der Waals surface area (Å²) in [6.45, 7) is 8.38. The van der Waals surface area contributed by atoms with Gasteiger partial charge in [-0.25, -0.2) is 0 Å². The minimum Gasteiger partial charge on any atom is -0.374 e. The number of nitrogens with one attached hydrogen (secondary N) is 2. The summed E-state index contributed by atoms with van der Waals surface area (Å²) in [7, 11) is 0. The van der Waals surface area contributed by atoms with Crippen molar-refractivity contribution >= 4 is 28.9 Å². The molecule has 1 atom stereocenters. The Labute approximate surface area is 160 Å². The lowest BCUT2D eigenvalue weighted by Gasteiger charge is -2.19. The number of nitrogens with zero attached hydrogens (tertiary/aromatic N) is 1. The maximum absolute atomic E-state index is 12.6. The molecule has 3 rings (SSSR count). The minimum atomic E-state index is -0.381. The van der Waals surface area contributed by atoms with Crippen LogP contribution in [0.25, 0.3) is 0 Å². The SMILES string of the molecule is CC(=O)N1CCc2cc(NC(C)C(=O)Nc3ccccc3C(C)C)ccc21. The molecule has 5 heteroatoms. The third-order valence-electron chi connectivity index (χ3n) is 4.97. The molecule has 1 heterocycles. The van der Waals surface area contributed by atoms with Crippen molar-refractivity contribution < 1.29 is 9.59 Å². The van der Waals surface area contributed by atoms with Crippen LogP contribution in [-0.4, -0.2) is 24.4 Å². The van der Waals surface area contributed by atoms with Gasteiger partial charge >= 0.3 is 0 Å². The van der Waals surface area contributed by atoms with E-state index in [9.17, 15) is 9.59 Å². The van der Waals surface area contributed by atoms with Crippen LogP contribution >= 0.6 is 0 Å². The summed E-state index contributed by atoms with van der Waals surface area (Å²) >= 11 is 0. The molecule has 2 aromatic rings. The predicted molar refractivity (Wildman–Crippen MR) is 110 cm³/mol. The van der Waals surface area contributed by atoms with Crippen molar-refractivity contribution in [3.8, 4) is 0 Å². The Hall–Kier alpha value is -2.82. The Morgan fingerprint density at radius 2 is 1.81 bits per heavy atom. The lowest BCUT2D eigenvalue weighted by Crippen LogP contribution is -2.32. The topological polar surface area (TPSA) is 61.4 Å². The second kappa shape index (κ2) is 7.82. The molecule has 0 aromatic heterocycles. The second-order valence-corrected chi connectivity index (χ2v) is 7.36. The van der Waals surface area contributed by atoms with Gasteiger partial charge in [0, 0.05) is 30.5 Å². The monoisotopic (exact) mass is 365 g/mol. The molecule has 0 aliphatic carbocycles. The van der Waals surface area contributed by atoms with Gasteiger partial charge in [-0.3, -0.25) is 9.59 Å². The second-order valence-electron chi connectivity index (χ2n) is 7.36. The molecule has 2 N–H and O–H groups in total. The maximum atomic E-state index is 12.6. The summed E-state index contributed by atoms with van der Waals surface area (Å²) in [6.07, 6.45) is 0.840. The van der Waals surface area contributed by atoms with Gasteiger partial charge in [0.15, 0.2) is 0 Å². The molecule has 1 unspecified atom stereocenters. The van der Waals surface area contributed by atoms with Crippen molar-refractivity contribution in [3.05, 3.63) is 53.6 Å². The number of hydrogen-bond acceptors (Lipinski definition) is 3. The average Bonchev–Trinajstić information content (AvgIpc) is 3.05. The first kappa shape index (κ1) is 19.0. The summed E-state index contributed by atoms with van der Waals surface area (Å²) in [5, 5.41) is 6.30. The van der Waals surface area contributed by atoms with E-state index in [4.69, 9.17) is 0 Å². The number of para-hydroxylation sites is 1. The van der Waals surface area contributed by atoms with Gasteiger partial charge in [0.2, 0.25) is 11.8 Å². The van der Waals surface area contributed by atoms with Crippen LogP contribution in [-0.2, 0) is 16.0 Å². The first-order valence-electron chi connectivity index (χ1n) is 9.44. The number of anilines is 3. The van der Waals surface area contributed by atoms with E-state index in [-0.39, 0.29) is 17.9 Å². The standard InChI is InChI=1S/C22H27N3O2/c1-14(2)19-7-5-6-8-20(19)24-22(27)15(3)23-18-9-10-21-17(13-18)11-12-25(21)16(4)26/h5-10,13-15,23H,11-12H2,1-4H3,(H,24,27). The van der Waals surface area contributed by atoms with Gasteiger partial charge in [-0.15, -0.1) is 0 Å². The Kier molecular flexibility index (Phi) is 5.49. The lowest BCUT2D eigenvalue weighted by molar-refractivity contribution is -0.117. The van der Waals surface area contributed by atoms with Crippen LogP contribution in [0.5, 0.6) is 0 Å². The number of benzene rings is 2. The zero-order chi connectivity index (χ0) is 19.6. The van der Waals surface area contributed by atoms with E-state index in [2.05, 4.69) is 24.5 Å². The molecule has 0 saturated heterocycles. The summed E-state index contributed by atoms with van der Waals surface area (Å²) in [4.78, 5) is 26.1. The minimum absolute atomic E-state index is 0.0611. The van der Waals surface area contributed by atoms with Gasteiger partial charge in [-0.05, 0) is 54.7 Å². The van der Waals surface area contributed by atoms with Crippen LogP contribution in [0, 0.1) is 0 Å². The van der Waals surface area contributed by atoms with Crippen molar-refractivity contribution in [3.63, 3.8) is 0 Å². The number of carbonyl (C=O) groups is 2. The van der Waals surface area contributed by atoms with Crippen LogP contribution < -0.4 is 15.5 Å². The van der Waals surface area contributed by atoms with Crippen molar-refractivity contribution in [1.29, 1.82) is 0 Å². The molecule has 1 aliphatic heterocycles. The van der Waals surface area contributed by atoms with Crippen LogP contribution in [0.2, 0.25) is 0 Å². The fraction of sp³-hybridized carbons (Fsp3) is 0.364. The fourth-order valence-corrected chi connectivity index (χ4v) is 3.49. The van der Waals surface area contributed by atoms with Gasteiger partial charge in [-0.1, -0.05) is 32.0 Å². The molecule has 0 radical (unpaired) electrons. The van der Waals surface area contributed by atoms with Gasteiger partial charge in [0.25, 0.3) is 0 Å². The van der Waals surface area contributed by atoms with E-state index < -0.39 is 0 Å². The Morgan fingerprint density at radius 1 is 1.07 bits per heavy atom. The Balaban J connectivity index is 1.68. The van der Waals surface area contributed by atoms with Crippen molar-refractivity contribution in [2.24, 2.45) is 0 Å². The molecule has 142 valence electrons. The molecule has 2 aromatic carbocycles. The lowest BCUT2D eigenvalue weighted by atomic mass is 10.0. The summed E-state index contributed by atoms with van der Waals surface area (Å²) in [5.41, 5.74) is 4.97. The van der Waals surface area contributed by atoms with Crippen LogP contribution in [0.4, 0.5) is 17.1 Å². The first-order chi connectivity index (χ1) is 12.9. The van der Waals surface area contributed by atoms with Crippen LogP contribution in [0.15, 0.2) is 42.5 Å². The Bertz CT molecular complexity index is 860. The number of fused-ring (bicyclic) bond motifs is 1. The average molecular weight is 365 g/mol. The highest BCUT2D eigenvalue weighted by Crippen LogP contribution is 2.31. The number of rotatable bonds is 5. The van der Waals surface area contributed by atoms with E-state index in [0.717, 1.165) is 41.2 Å². The van der Waals surface area contributed by atoms with E-state index in [1.54, 1.807) is 11.8 Å². The number of amides is 2. The molecular formula is C22H27N3O2. The highest BCUT2D eigenvalue weighted by molar-refractivity contribution is 5.97. The quantitative estimate of drug-likeness (QED) is 0.836. The highest BCUT2D eigenvalue weighted by Gasteiger charge is 2.23. The van der Waals surface area contributed by atoms with Gasteiger partial charge in [0.1, 0.15) is 6.04 Å². The molecule has 1 aliphatic rings. The molecule has 0 fully saturated rings. The van der Waals surface area contributed by atoms with E-state index >= 15 is 0 Å². The van der Waals surface area contributed by atoms with Crippen molar-refractivity contribution in [1.82, 2.24) is 0 Å². The van der Waals surface area contributed by atoms with Crippen molar-refractivity contribution in [2.75, 3.05) is 22.1 Å². The Morgan fingerprint density at radius 3 is 2.52 bits per heavy atom. The van der Waals surface area contributed by atoms with E-state index in [1.807, 2.05) is 49.4 Å². The van der Waals surface area contributed by atoms with Gasteiger partial charge in [0.05, 0.1) is 0 Å². The fourth-order valence-electron chi connectivity index (χ4n) is 3.49. The molecule has 5 nitrogen and oxygen atoms in total. The smallest absolute Gasteiger partial charge is 0.246 e.